The minimum absolute atomic E-state index is 0.0870. The van der Waals surface area contributed by atoms with Gasteiger partial charge in [0.05, 0.1) is 0 Å². The molecular formula is C15H26N2O3. The molecule has 0 aromatic carbocycles. The third kappa shape index (κ3) is 3.25. The monoisotopic (exact) mass is 282 g/mol. The van der Waals surface area contributed by atoms with Crippen molar-refractivity contribution in [1.82, 2.24) is 10.2 Å². The Morgan fingerprint density at radius 2 is 2.00 bits per heavy atom. The van der Waals surface area contributed by atoms with Gasteiger partial charge in [-0.1, -0.05) is 6.92 Å². The van der Waals surface area contributed by atoms with Gasteiger partial charge in [-0.05, 0) is 46.5 Å². The molecule has 1 spiro atoms. The first kappa shape index (κ1) is 15.1. The highest BCUT2D eigenvalue weighted by Crippen LogP contribution is 2.35. The molecule has 1 N–H and O–H groups in total. The lowest BCUT2D eigenvalue weighted by atomic mass is 9.83. The second-order valence-corrected chi connectivity index (χ2v) is 7.05. The fourth-order valence-corrected chi connectivity index (χ4v) is 3.08. The van der Waals surface area contributed by atoms with Crippen molar-refractivity contribution in [3.63, 3.8) is 0 Å². The summed E-state index contributed by atoms with van der Waals surface area (Å²) in [5.41, 5.74) is -0.544. The molecule has 5 nitrogen and oxygen atoms in total. The quantitative estimate of drug-likeness (QED) is 0.803. The van der Waals surface area contributed by atoms with Crippen LogP contribution in [-0.4, -0.2) is 41.1 Å². The number of amides is 2. The molecule has 0 aromatic rings. The van der Waals surface area contributed by atoms with Crippen molar-refractivity contribution in [2.24, 2.45) is 5.92 Å². The molecule has 2 heterocycles. The van der Waals surface area contributed by atoms with Crippen LogP contribution in [0.4, 0.5) is 4.79 Å². The van der Waals surface area contributed by atoms with Gasteiger partial charge in [0.1, 0.15) is 5.60 Å². The molecule has 0 saturated carbocycles. The van der Waals surface area contributed by atoms with E-state index in [1.807, 2.05) is 20.8 Å². The number of hydrogen-bond donors (Lipinski definition) is 1. The van der Waals surface area contributed by atoms with Gasteiger partial charge in [-0.15, -0.1) is 0 Å². The first-order valence-corrected chi connectivity index (χ1v) is 7.55. The van der Waals surface area contributed by atoms with Gasteiger partial charge in [0, 0.05) is 24.5 Å². The predicted molar refractivity (Wildman–Crippen MR) is 76.3 cm³/mol. The highest BCUT2D eigenvalue weighted by atomic mass is 16.6. The van der Waals surface area contributed by atoms with Crippen molar-refractivity contribution >= 4 is 12.0 Å². The lowest BCUT2D eigenvalue weighted by Crippen LogP contribution is -2.52. The molecule has 2 aliphatic heterocycles. The van der Waals surface area contributed by atoms with Gasteiger partial charge in [0.2, 0.25) is 5.91 Å². The first-order chi connectivity index (χ1) is 9.25. The van der Waals surface area contributed by atoms with E-state index in [0.29, 0.717) is 13.1 Å². The van der Waals surface area contributed by atoms with Crippen LogP contribution < -0.4 is 5.32 Å². The molecular weight excluding hydrogens is 256 g/mol. The number of carbonyl (C=O) groups excluding carboxylic acids is 2. The third-order valence-electron chi connectivity index (χ3n) is 4.26. The van der Waals surface area contributed by atoms with E-state index < -0.39 is 5.60 Å². The van der Waals surface area contributed by atoms with E-state index in [1.54, 1.807) is 4.90 Å². The number of nitrogens with one attached hydrogen (secondary N) is 1. The summed E-state index contributed by atoms with van der Waals surface area (Å²) in [4.78, 5) is 25.6. The van der Waals surface area contributed by atoms with Gasteiger partial charge in [0.25, 0.3) is 0 Å². The highest BCUT2D eigenvalue weighted by molar-refractivity contribution is 5.82. The van der Waals surface area contributed by atoms with Crippen molar-refractivity contribution in [3.8, 4) is 0 Å². The largest absolute Gasteiger partial charge is 0.444 e. The number of nitrogens with zero attached hydrogens (tertiary/aromatic N) is 1. The zero-order valence-electron chi connectivity index (χ0n) is 13.0. The van der Waals surface area contributed by atoms with E-state index in [1.165, 1.54) is 0 Å². The van der Waals surface area contributed by atoms with Gasteiger partial charge >= 0.3 is 6.09 Å². The van der Waals surface area contributed by atoms with Crippen LogP contribution in [0.1, 0.15) is 53.4 Å². The molecule has 0 radical (unpaired) electrons. The molecule has 0 bridgehead atoms. The summed E-state index contributed by atoms with van der Waals surface area (Å²) in [6, 6.07) is 0. The van der Waals surface area contributed by atoms with Crippen LogP contribution in [0.25, 0.3) is 0 Å². The fourth-order valence-electron chi connectivity index (χ4n) is 3.08. The van der Waals surface area contributed by atoms with Gasteiger partial charge < -0.3 is 15.0 Å². The average molecular weight is 282 g/mol. The first-order valence-electron chi connectivity index (χ1n) is 7.55. The molecule has 2 rings (SSSR count). The minimum atomic E-state index is -0.457. The van der Waals surface area contributed by atoms with E-state index in [2.05, 4.69) is 12.2 Å². The van der Waals surface area contributed by atoms with Crippen molar-refractivity contribution in [2.75, 3.05) is 13.1 Å². The van der Waals surface area contributed by atoms with Crippen LogP contribution in [0.5, 0.6) is 0 Å². The second-order valence-electron chi connectivity index (χ2n) is 7.05. The van der Waals surface area contributed by atoms with E-state index in [0.717, 1.165) is 25.7 Å². The number of likely N-dealkylation sites (tertiary alicyclic amines) is 1. The topological polar surface area (TPSA) is 58.6 Å². The average Bonchev–Trinajstić information content (AvgIpc) is 2.64. The minimum Gasteiger partial charge on any atom is -0.444 e. The van der Waals surface area contributed by atoms with E-state index in [9.17, 15) is 9.59 Å². The Balaban J connectivity index is 1.90. The van der Waals surface area contributed by atoms with Crippen molar-refractivity contribution in [1.29, 1.82) is 0 Å². The number of hydrogen-bond acceptors (Lipinski definition) is 3. The molecule has 1 atom stereocenters. The van der Waals surface area contributed by atoms with Gasteiger partial charge in [0.15, 0.2) is 0 Å². The summed E-state index contributed by atoms with van der Waals surface area (Å²) in [5.74, 6) is 0.321. The van der Waals surface area contributed by atoms with Crippen molar-refractivity contribution in [2.45, 2.75) is 64.5 Å². The van der Waals surface area contributed by atoms with Crippen molar-refractivity contribution in [3.05, 3.63) is 0 Å². The lowest BCUT2D eigenvalue weighted by Gasteiger charge is -2.39. The van der Waals surface area contributed by atoms with E-state index >= 15 is 0 Å². The molecule has 2 saturated heterocycles. The van der Waals surface area contributed by atoms with Crippen LogP contribution in [0, 0.1) is 5.92 Å². The molecule has 1 unspecified atom stereocenters. The highest BCUT2D eigenvalue weighted by Gasteiger charge is 2.45. The number of piperidine rings is 1. The Kier molecular flexibility index (Phi) is 3.98. The maximum atomic E-state index is 12.0. The second kappa shape index (κ2) is 5.26. The maximum absolute atomic E-state index is 12.0. The van der Waals surface area contributed by atoms with Gasteiger partial charge in [-0.2, -0.15) is 0 Å². The molecule has 2 amide bonds. The smallest absolute Gasteiger partial charge is 0.410 e. The third-order valence-corrected chi connectivity index (χ3v) is 4.26. The molecule has 2 aliphatic rings. The van der Waals surface area contributed by atoms with Crippen LogP contribution in [-0.2, 0) is 9.53 Å². The van der Waals surface area contributed by atoms with E-state index in [4.69, 9.17) is 4.74 Å². The summed E-state index contributed by atoms with van der Waals surface area (Å²) in [7, 11) is 0. The Hall–Kier alpha value is -1.26. The zero-order valence-corrected chi connectivity index (χ0v) is 13.0. The van der Waals surface area contributed by atoms with Crippen LogP contribution in [0.15, 0.2) is 0 Å². The molecule has 20 heavy (non-hydrogen) atoms. The number of rotatable bonds is 1. The number of carbonyl (C=O) groups is 2. The Labute approximate surface area is 121 Å². The van der Waals surface area contributed by atoms with E-state index in [-0.39, 0.29) is 23.5 Å². The van der Waals surface area contributed by atoms with Gasteiger partial charge in [-0.25, -0.2) is 4.79 Å². The van der Waals surface area contributed by atoms with Crippen LogP contribution >= 0.6 is 0 Å². The normalized spacial score (nSPS) is 25.7. The number of ether oxygens (including phenoxy) is 1. The van der Waals surface area contributed by atoms with Crippen LogP contribution in [0.2, 0.25) is 0 Å². The molecule has 0 aliphatic carbocycles. The van der Waals surface area contributed by atoms with Crippen molar-refractivity contribution < 1.29 is 14.3 Å². The summed E-state index contributed by atoms with van der Waals surface area (Å²) in [6.45, 7) is 8.99. The summed E-state index contributed by atoms with van der Waals surface area (Å²) >= 11 is 0. The molecule has 5 heteroatoms. The SMILES string of the molecule is CCC1CC2(CCN(C(=O)OC(C)(C)C)CC2)NC1=O. The fraction of sp³-hybridized carbons (Fsp3) is 0.867. The van der Waals surface area contributed by atoms with Gasteiger partial charge in [-0.3, -0.25) is 4.79 Å². The summed E-state index contributed by atoms with van der Waals surface area (Å²) in [5, 5.41) is 3.16. The molecule has 0 aromatic heterocycles. The Morgan fingerprint density at radius 3 is 2.45 bits per heavy atom. The zero-order chi connectivity index (χ0) is 15.0. The predicted octanol–water partition coefficient (Wildman–Crippen LogP) is 2.30. The summed E-state index contributed by atoms with van der Waals surface area (Å²) < 4.78 is 5.39. The Bertz CT molecular complexity index is 392. The Morgan fingerprint density at radius 1 is 1.40 bits per heavy atom. The maximum Gasteiger partial charge on any atom is 0.410 e. The standard InChI is InChI=1S/C15H26N2O3/c1-5-11-10-15(16-12(11)18)6-8-17(9-7-15)13(19)20-14(2,3)4/h11H,5-10H2,1-4H3,(H,16,18). The lowest BCUT2D eigenvalue weighted by molar-refractivity contribution is -0.123. The molecule has 2 fully saturated rings. The van der Waals surface area contributed by atoms with Crippen LogP contribution in [0.3, 0.4) is 0 Å². The summed E-state index contributed by atoms with van der Waals surface area (Å²) in [6.07, 6.45) is 3.21. The molecule has 114 valence electrons.